The number of fused-ring (bicyclic) bond motifs is 1. The van der Waals surface area contributed by atoms with Crippen LogP contribution in [0.5, 0.6) is 0 Å². The molecule has 0 N–H and O–H groups in total. The Labute approximate surface area is 95.8 Å². The third-order valence-corrected chi connectivity index (χ3v) is 2.92. The quantitative estimate of drug-likeness (QED) is 0.796. The summed E-state index contributed by atoms with van der Waals surface area (Å²) >= 11 is 3.38. The average molecular weight is 268 g/mol. The number of hydrogen-bond acceptors (Lipinski definition) is 2. The summed E-state index contributed by atoms with van der Waals surface area (Å²) in [5.41, 5.74) is 0.717. The molecule has 1 amide bonds. The number of amides is 1. The number of carbonyl (C=O) groups is 1. The Balaban J connectivity index is 2.63. The van der Waals surface area contributed by atoms with Crippen LogP contribution in [0, 0.1) is 0 Å². The number of benzene rings is 1. The van der Waals surface area contributed by atoms with Crippen LogP contribution in [0.3, 0.4) is 0 Å². The molecule has 1 heterocycles. The Morgan fingerprint density at radius 2 is 2.00 bits per heavy atom. The van der Waals surface area contributed by atoms with E-state index in [0.29, 0.717) is 5.76 Å². The van der Waals surface area contributed by atoms with Gasteiger partial charge in [0.05, 0.1) is 4.47 Å². The lowest BCUT2D eigenvalue weighted by Crippen LogP contribution is -2.21. The first-order valence-electron chi connectivity index (χ1n) is 4.50. The van der Waals surface area contributed by atoms with Crippen LogP contribution in [0.1, 0.15) is 10.6 Å². The van der Waals surface area contributed by atoms with Crippen molar-refractivity contribution in [3.63, 3.8) is 0 Å². The molecule has 2 rings (SSSR count). The van der Waals surface area contributed by atoms with Gasteiger partial charge in [0.25, 0.3) is 5.91 Å². The van der Waals surface area contributed by atoms with E-state index in [2.05, 4.69) is 15.9 Å². The predicted molar refractivity (Wildman–Crippen MR) is 61.9 cm³/mol. The molecule has 0 spiro atoms. The minimum Gasteiger partial charge on any atom is -0.450 e. The molecule has 1 aromatic heterocycles. The van der Waals surface area contributed by atoms with Gasteiger partial charge in [-0.05, 0) is 28.1 Å². The minimum absolute atomic E-state index is 0.141. The first-order valence-corrected chi connectivity index (χ1v) is 5.29. The fourth-order valence-electron chi connectivity index (χ4n) is 1.35. The number of rotatable bonds is 1. The van der Waals surface area contributed by atoms with Crippen molar-refractivity contribution in [3.8, 4) is 0 Å². The zero-order valence-electron chi connectivity index (χ0n) is 8.45. The normalized spacial score (nSPS) is 10.6. The molecule has 2 aromatic rings. The largest absolute Gasteiger partial charge is 0.450 e. The van der Waals surface area contributed by atoms with E-state index in [1.165, 1.54) is 4.90 Å². The van der Waals surface area contributed by atoms with Crippen molar-refractivity contribution in [1.82, 2.24) is 4.90 Å². The van der Waals surface area contributed by atoms with Gasteiger partial charge in [0.2, 0.25) is 5.76 Å². The Bertz CT molecular complexity index is 516. The number of furan rings is 1. The van der Waals surface area contributed by atoms with Crippen molar-refractivity contribution in [2.24, 2.45) is 0 Å². The van der Waals surface area contributed by atoms with Crippen LogP contribution in [0.15, 0.2) is 33.2 Å². The van der Waals surface area contributed by atoms with Crippen molar-refractivity contribution in [2.75, 3.05) is 14.1 Å². The molecule has 0 bridgehead atoms. The lowest BCUT2D eigenvalue weighted by atomic mass is 10.2. The van der Waals surface area contributed by atoms with Crippen molar-refractivity contribution in [2.45, 2.75) is 0 Å². The third kappa shape index (κ3) is 1.65. The highest BCUT2D eigenvalue weighted by molar-refractivity contribution is 9.10. The Hall–Kier alpha value is -1.29. The van der Waals surface area contributed by atoms with E-state index < -0.39 is 0 Å². The summed E-state index contributed by atoms with van der Waals surface area (Å²) in [6.45, 7) is 0. The average Bonchev–Trinajstić information content (AvgIpc) is 2.56. The van der Waals surface area contributed by atoms with Gasteiger partial charge >= 0.3 is 0 Å². The summed E-state index contributed by atoms with van der Waals surface area (Å²) in [4.78, 5) is 13.2. The summed E-state index contributed by atoms with van der Waals surface area (Å²) in [6.07, 6.45) is 0. The second-order valence-electron chi connectivity index (χ2n) is 3.44. The molecule has 0 saturated heterocycles. The second-order valence-corrected chi connectivity index (χ2v) is 4.23. The van der Waals surface area contributed by atoms with E-state index in [9.17, 15) is 4.79 Å². The molecular formula is C11H10BrNO2. The summed E-state index contributed by atoms with van der Waals surface area (Å²) in [5.74, 6) is 0.208. The van der Waals surface area contributed by atoms with Crippen molar-refractivity contribution in [1.29, 1.82) is 0 Å². The number of carbonyl (C=O) groups excluding carboxylic acids is 1. The SMILES string of the molecule is CN(C)C(=O)c1oc2ccccc2c1Br. The van der Waals surface area contributed by atoms with Crippen molar-refractivity contribution >= 4 is 32.8 Å². The van der Waals surface area contributed by atoms with Crippen molar-refractivity contribution < 1.29 is 9.21 Å². The van der Waals surface area contributed by atoms with Gasteiger partial charge in [-0.1, -0.05) is 12.1 Å². The Kier molecular flexibility index (Phi) is 2.52. The van der Waals surface area contributed by atoms with Crippen LogP contribution in [0.2, 0.25) is 0 Å². The van der Waals surface area contributed by atoms with Gasteiger partial charge in [0.15, 0.2) is 0 Å². The monoisotopic (exact) mass is 267 g/mol. The maximum atomic E-state index is 11.7. The van der Waals surface area contributed by atoms with Crippen LogP contribution < -0.4 is 0 Å². The molecule has 0 aliphatic rings. The van der Waals surface area contributed by atoms with Crippen LogP contribution in [0.4, 0.5) is 0 Å². The van der Waals surface area contributed by atoms with Crippen LogP contribution in [0.25, 0.3) is 11.0 Å². The summed E-state index contributed by atoms with van der Waals surface area (Å²) in [5, 5.41) is 0.919. The highest BCUT2D eigenvalue weighted by Gasteiger charge is 2.19. The molecule has 0 radical (unpaired) electrons. The van der Waals surface area contributed by atoms with Crippen LogP contribution >= 0.6 is 15.9 Å². The standard InChI is InChI=1S/C11H10BrNO2/c1-13(2)11(14)10-9(12)7-5-3-4-6-8(7)15-10/h3-6H,1-2H3. The van der Waals surface area contributed by atoms with Gasteiger partial charge in [-0.25, -0.2) is 0 Å². The summed E-state index contributed by atoms with van der Waals surface area (Å²) < 4.78 is 6.20. The number of para-hydroxylation sites is 1. The maximum absolute atomic E-state index is 11.7. The molecule has 4 heteroatoms. The van der Waals surface area contributed by atoms with Crippen molar-refractivity contribution in [3.05, 3.63) is 34.5 Å². The third-order valence-electron chi connectivity index (χ3n) is 2.14. The van der Waals surface area contributed by atoms with E-state index in [1.54, 1.807) is 14.1 Å². The van der Waals surface area contributed by atoms with Gasteiger partial charge in [-0.2, -0.15) is 0 Å². The van der Waals surface area contributed by atoms with Crippen LogP contribution in [-0.4, -0.2) is 24.9 Å². The fourth-order valence-corrected chi connectivity index (χ4v) is 1.93. The first-order chi connectivity index (χ1) is 7.11. The van der Waals surface area contributed by atoms with E-state index in [-0.39, 0.29) is 5.91 Å². The highest BCUT2D eigenvalue weighted by atomic mass is 79.9. The Morgan fingerprint density at radius 1 is 1.33 bits per heavy atom. The van der Waals surface area contributed by atoms with E-state index in [4.69, 9.17) is 4.42 Å². The minimum atomic E-state index is -0.141. The van der Waals surface area contributed by atoms with E-state index in [0.717, 1.165) is 15.4 Å². The van der Waals surface area contributed by atoms with Gasteiger partial charge in [0.1, 0.15) is 5.58 Å². The summed E-state index contributed by atoms with van der Waals surface area (Å²) in [7, 11) is 3.39. The van der Waals surface area contributed by atoms with Gasteiger partial charge in [0, 0.05) is 19.5 Å². The number of nitrogens with zero attached hydrogens (tertiary/aromatic N) is 1. The molecule has 0 aliphatic heterocycles. The molecule has 15 heavy (non-hydrogen) atoms. The molecule has 78 valence electrons. The second kappa shape index (κ2) is 3.70. The molecule has 0 fully saturated rings. The van der Waals surface area contributed by atoms with E-state index >= 15 is 0 Å². The molecule has 0 atom stereocenters. The van der Waals surface area contributed by atoms with Gasteiger partial charge in [-0.3, -0.25) is 4.79 Å². The lowest BCUT2D eigenvalue weighted by Gasteiger charge is -2.07. The van der Waals surface area contributed by atoms with E-state index in [1.807, 2.05) is 24.3 Å². The summed E-state index contributed by atoms with van der Waals surface area (Å²) in [6, 6.07) is 7.54. The fraction of sp³-hybridized carbons (Fsp3) is 0.182. The lowest BCUT2D eigenvalue weighted by molar-refractivity contribution is 0.0798. The number of halogens is 1. The number of hydrogen-bond donors (Lipinski definition) is 0. The topological polar surface area (TPSA) is 33.5 Å². The zero-order valence-corrected chi connectivity index (χ0v) is 10.0. The van der Waals surface area contributed by atoms with Gasteiger partial charge < -0.3 is 9.32 Å². The molecule has 0 saturated carbocycles. The Morgan fingerprint density at radius 3 is 2.60 bits per heavy atom. The van der Waals surface area contributed by atoms with Gasteiger partial charge in [-0.15, -0.1) is 0 Å². The zero-order chi connectivity index (χ0) is 11.0. The molecule has 0 aliphatic carbocycles. The smallest absolute Gasteiger partial charge is 0.290 e. The molecular weight excluding hydrogens is 258 g/mol. The van der Waals surface area contributed by atoms with Crippen LogP contribution in [-0.2, 0) is 0 Å². The predicted octanol–water partition coefficient (Wildman–Crippen LogP) is 2.90. The maximum Gasteiger partial charge on any atom is 0.290 e. The molecule has 0 unspecified atom stereocenters. The highest BCUT2D eigenvalue weighted by Crippen LogP contribution is 2.31. The first kappa shape index (κ1) is 10.2. The molecule has 3 nitrogen and oxygen atoms in total. The molecule has 1 aromatic carbocycles.